The Kier molecular flexibility index (Phi) is 5.57. The molecular formula is C26H22ClF3N6O4. The number of benzene rings is 1. The van der Waals surface area contributed by atoms with Gasteiger partial charge in [-0.15, -0.1) is 0 Å². The molecular weight excluding hydrogens is 553 g/mol. The lowest BCUT2D eigenvalue weighted by Crippen LogP contribution is -2.68. The van der Waals surface area contributed by atoms with Crippen LogP contribution in [0.5, 0.6) is 0 Å². The zero-order chi connectivity index (χ0) is 28.8. The molecule has 0 spiro atoms. The van der Waals surface area contributed by atoms with Crippen molar-refractivity contribution in [3.05, 3.63) is 74.1 Å². The van der Waals surface area contributed by atoms with E-state index in [-0.39, 0.29) is 28.0 Å². The molecule has 7 rings (SSSR count). The van der Waals surface area contributed by atoms with Gasteiger partial charge in [0.05, 0.1) is 28.0 Å². The number of hydrogen-bond acceptors (Lipinski definition) is 8. The maximum absolute atomic E-state index is 13.5. The highest BCUT2D eigenvalue weighted by atomic mass is 35.5. The van der Waals surface area contributed by atoms with Crippen LogP contribution >= 0.6 is 11.6 Å². The first kappa shape index (κ1) is 26.2. The molecule has 0 amide bonds. The lowest BCUT2D eigenvalue weighted by atomic mass is 9.34. The number of hydrogen-bond donors (Lipinski definition) is 2. The summed E-state index contributed by atoms with van der Waals surface area (Å²) in [4.78, 5) is 37.7. The maximum Gasteiger partial charge on any atom is 0.455 e. The highest BCUT2D eigenvalue weighted by molar-refractivity contribution is 6.29. The molecule has 10 nitrogen and oxygen atoms in total. The van der Waals surface area contributed by atoms with Crippen LogP contribution in [0.4, 0.5) is 18.9 Å². The van der Waals surface area contributed by atoms with Crippen LogP contribution in [-0.2, 0) is 24.1 Å². The fourth-order valence-electron chi connectivity index (χ4n) is 6.19. The quantitative estimate of drug-likeness (QED) is 0.307. The van der Waals surface area contributed by atoms with Crippen molar-refractivity contribution in [3.63, 3.8) is 0 Å². The highest BCUT2D eigenvalue weighted by Gasteiger charge is 2.73. The van der Waals surface area contributed by atoms with Crippen molar-refractivity contribution < 1.29 is 27.6 Å². The van der Waals surface area contributed by atoms with Crippen molar-refractivity contribution in [2.24, 2.45) is 7.05 Å². The van der Waals surface area contributed by atoms with Crippen LogP contribution < -0.4 is 10.9 Å². The van der Waals surface area contributed by atoms with Crippen LogP contribution in [0.2, 0.25) is 5.15 Å². The molecule has 4 aromatic rings. The van der Waals surface area contributed by atoms with Gasteiger partial charge in [0.1, 0.15) is 11.0 Å². The zero-order valence-corrected chi connectivity index (χ0v) is 22.2. The number of aromatic nitrogens is 5. The predicted molar refractivity (Wildman–Crippen MR) is 136 cm³/mol. The number of nitrogens with zero attached hydrogens (tertiary/aromatic N) is 5. The van der Waals surface area contributed by atoms with Crippen molar-refractivity contribution in [1.29, 1.82) is 0 Å². The topological polar surface area (TPSA) is 136 Å². The molecule has 3 aliphatic carbocycles. The first-order valence-electron chi connectivity index (χ1n) is 12.3. The van der Waals surface area contributed by atoms with Crippen molar-refractivity contribution in [3.8, 4) is 0 Å². The van der Waals surface area contributed by atoms with Crippen LogP contribution in [0, 0.1) is 6.92 Å². The summed E-state index contributed by atoms with van der Waals surface area (Å²) in [5.41, 5.74) is 0.529. The molecule has 3 saturated carbocycles. The van der Waals surface area contributed by atoms with Gasteiger partial charge in [-0.2, -0.15) is 18.2 Å². The van der Waals surface area contributed by atoms with Gasteiger partial charge in [-0.3, -0.25) is 9.36 Å². The summed E-state index contributed by atoms with van der Waals surface area (Å²) in [6.45, 7) is 3.66. The fraction of sp³-hybridized carbons (Fsp3) is 0.385. The Morgan fingerprint density at radius 1 is 1.18 bits per heavy atom. The summed E-state index contributed by atoms with van der Waals surface area (Å²) in [6.07, 6.45) is -3.41. The summed E-state index contributed by atoms with van der Waals surface area (Å²) in [5, 5.41) is 16.3. The van der Waals surface area contributed by atoms with E-state index in [1.54, 1.807) is 13.1 Å². The largest absolute Gasteiger partial charge is 0.476 e. The fourth-order valence-corrected chi connectivity index (χ4v) is 6.34. The highest BCUT2D eigenvalue weighted by Crippen LogP contribution is 2.73. The molecule has 0 radical (unpaired) electrons. The third-order valence-electron chi connectivity index (χ3n) is 7.89. The standard InChI is InChI=1S/C26H22ClF3N6O4/c1-11-6-13(12(2)31-15-4-5-16(27)32-18(15)20(38)39)17-14(7-11)19(37)36(3)22(33-17)24-8-25(9-24,10-24)23-34-21(35-40-23)26(28,29)30/h4-7,12,31H,8-10H2,1-3H3,(H,38,39)/t12-,24?,25?/m1/s1. The average Bonchev–Trinajstić information content (AvgIpc) is 3.32. The zero-order valence-electron chi connectivity index (χ0n) is 21.4. The van der Waals surface area contributed by atoms with Gasteiger partial charge in [0, 0.05) is 18.0 Å². The van der Waals surface area contributed by atoms with Gasteiger partial charge in [0.25, 0.3) is 11.4 Å². The van der Waals surface area contributed by atoms with E-state index in [0.29, 0.717) is 41.6 Å². The molecule has 3 aromatic heterocycles. The van der Waals surface area contributed by atoms with E-state index in [0.717, 1.165) is 5.56 Å². The predicted octanol–water partition coefficient (Wildman–Crippen LogP) is 4.94. The molecule has 3 heterocycles. The van der Waals surface area contributed by atoms with Crippen molar-refractivity contribution >= 4 is 34.2 Å². The van der Waals surface area contributed by atoms with E-state index in [1.807, 2.05) is 19.9 Å². The molecule has 0 aliphatic heterocycles. The maximum atomic E-state index is 13.5. The molecule has 1 atom stereocenters. The van der Waals surface area contributed by atoms with Crippen LogP contribution in [-0.4, -0.2) is 35.8 Å². The van der Waals surface area contributed by atoms with E-state index in [1.165, 1.54) is 16.7 Å². The van der Waals surface area contributed by atoms with Crippen LogP contribution in [0.3, 0.4) is 0 Å². The lowest BCUT2D eigenvalue weighted by Gasteiger charge is -2.68. The number of aromatic carboxylic acids is 1. The van der Waals surface area contributed by atoms with Crippen molar-refractivity contribution in [1.82, 2.24) is 24.7 Å². The molecule has 40 heavy (non-hydrogen) atoms. The second-order valence-corrected chi connectivity index (χ2v) is 11.2. The Balaban J connectivity index is 1.37. The molecule has 14 heteroatoms. The summed E-state index contributed by atoms with van der Waals surface area (Å²) in [6, 6.07) is 6.14. The van der Waals surface area contributed by atoms with Gasteiger partial charge in [0.2, 0.25) is 5.89 Å². The van der Waals surface area contributed by atoms with E-state index in [2.05, 4.69) is 20.4 Å². The third-order valence-corrected chi connectivity index (χ3v) is 8.10. The molecule has 1 aromatic carbocycles. The first-order valence-corrected chi connectivity index (χ1v) is 12.7. The average molecular weight is 575 g/mol. The number of aryl methyl sites for hydroxylation is 1. The normalized spacial score (nSPS) is 22.5. The number of alkyl halides is 3. The Morgan fingerprint density at radius 3 is 2.50 bits per heavy atom. The van der Waals surface area contributed by atoms with Crippen LogP contribution in [0.1, 0.15) is 71.4 Å². The van der Waals surface area contributed by atoms with Gasteiger partial charge in [-0.05, 0) is 56.9 Å². The molecule has 3 fully saturated rings. The number of rotatable bonds is 6. The Labute approximate surface area is 229 Å². The monoisotopic (exact) mass is 574 g/mol. The van der Waals surface area contributed by atoms with Crippen molar-refractivity contribution in [2.75, 3.05) is 5.32 Å². The minimum absolute atomic E-state index is 0.0397. The van der Waals surface area contributed by atoms with Gasteiger partial charge in [-0.1, -0.05) is 22.8 Å². The summed E-state index contributed by atoms with van der Waals surface area (Å²) >= 11 is 5.89. The number of carbonyl (C=O) groups is 1. The number of nitrogens with one attached hydrogen (secondary N) is 1. The summed E-state index contributed by atoms with van der Waals surface area (Å²) in [7, 11) is 1.63. The Morgan fingerprint density at radius 2 is 1.88 bits per heavy atom. The van der Waals surface area contributed by atoms with E-state index < -0.39 is 34.8 Å². The van der Waals surface area contributed by atoms with Crippen LogP contribution in [0.15, 0.2) is 33.6 Å². The number of anilines is 1. The molecule has 2 N–H and O–H groups in total. The summed E-state index contributed by atoms with van der Waals surface area (Å²) in [5.74, 6) is -2.07. The molecule has 208 valence electrons. The second kappa shape index (κ2) is 8.50. The number of carboxylic acids is 1. The minimum atomic E-state index is -4.70. The third kappa shape index (κ3) is 3.86. The number of pyridine rings is 1. The first-order chi connectivity index (χ1) is 18.7. The van der Waals surface area contributed by atoms with Gasteiger partial charge >= 0.3 is 12.1 Å². The lowest BCUT2D eigenvalue weighted by molar-refractivity contribution is -0.146. The van der Waals surface area contributed by atoms with E-state index >= 15 is 0 Å². The molecule has 3 aliphatic rings. The smallest absolute Gasteiger partial charge is 0.455 e. The SMILES string of the molecule is Cc1cc([C@@H](C)Nc2ccc(Cl)nc2C(=O)O)c2nc(C34CC(c5nc(C(F)(F)F)no5)(C3)C4)n(C)c(=O)c2c1. The Hall–Kier alpha value is -4.00. The summed E-state index contributed by atoms with van der Waals surface area (Å²) < 4.78 is 45.4. The number of carboxylic acid groups (broad SMARTS) is 1. The molecule has 0 unspecified atom stereocenters. The molecule has 2 bridgehead atoms. The molecule has 0 saturated heterocycles. The van der Waals surface area contributed by atoms with Gasteiger partial charge in [0.15, 0.2) is 5.69 Å². The van der Waals surface area contributed by atoms with Gasteiger partial charge < -0.3 is 14.9 Å². The van der Waals surface area contributed by atoms with E-state index in [4.69, 9.17) is 21.1 Å². The number of fused-ring (bicyclic) bond motifs is 1. The Bertz CT molecular complexity index is 1760. The van der Waals surface area contributed by atoms with Crippen molar-refractivity contribution in [2.45, 2.75) is 56.2 Å². The van der Waals surface area contributed by atoms with E-state index in [9.17, 15) is 27.9 Å². The number of halogens is 4. The van der Waals surface area contributed by atoms with Crippen LogP contribution in [0.25, 0.3) is 10.9 Å². The van der Waals surface area contributed by atoms with Gasteiger partial charge in [-0.25, -0.2) is 14.8 Å². The minimum Gasteiger partial charge on any atom is -0.476 e. The second-order valence-electron chi connectivity index (χ2n) is 10.8.